The van der Waals surface area contributed by atoms with Crippen LogP contribution in [0.25, 0.3) is 0 Å². The second-order valence-electron chi connectivity index (χ2n) is 9.32. The Morgan fingerprint density at radius 2 is 0.952 bits per heavy atom. The first-order valence-corrected chi connectivity index (χ1v) is 12.6. The van der Waals surface area contributed by atoms with Gasteiger partial charge >= 0.3 is 0 Å². The number of rotatable bonds is 8. The molecule has 8 N–H and O–H groups in total. The molecule has 1 aliphatic carbocycles. The first-order chi connectivity index (χ1) is 20.1. The van der Waals surface area contributed by atoms with Crippen LogP contribution < -0.4 is 21.3 Å². The SMILES string of the molecule is O=C(CNc1ccc(NCC(=O)Nc2cc(O)ccc2O)c2c1C(=O)c1ccccc1C2=O)Nc1cc(O)ccc1O. The van der Waals surface area contributed by atoms with Gasteiger partial charge < -0.3 is 41.7 Å². The van der Waals surface area contributed by atoms with Crippen LogP contribution in [-0.2, 0) is 9.59 Å². The van der Waals surface area contributed by atoms with Crippen molar-refractivity contribution >= 4 is 46.1 Å². The minimum atomic E-state index is -0.603. The molecule has 0 saturated heterocycles. The van der Waals surface area contributed by atoms with E-state index < -0.39 is 23.4 Å². The van der Waals surface area contributed by atoms with Gasteiger partial charge in [-0.3, -0.25) is 19.2 Å². The van der Waals surface area contributed by atoms with Crippen LogP contribution in [0.2, 0.25) is 0 Å². The molecule has 42 heavy (non-hydrogen) atoms. The highest BCUT2D eigenvalue weighted by Gasteiger charge is 2.34. The molecule has 212 valence electrons. The molecule has 4 aromatic carbocycles. The molecule has 2 amide bonds. The van der Waals surface area contributed by atoms with Gasteiger partial charge in [0.25, 0.3) is 0 Å². The molecule has 0 fully saturated rings. The van der Waals surface area contributed by atoms with E-state index in [2.05, 4.69) is 21.3 Å². The maximum atomic E-state index is 13.6. The number of carbonyl (C=O) groups excluding carboxylic acids is 4. The van der Waals surface area contributed by atoms with E-state index in [1.54, 1.807) is 12.1 Å². The molecule has 0 aromatic heterocycles. The Balaban J connectivity index is 1.40. The van der Waals surface area contributed by atoms with Crippen LogP contribution in [0.3, 0.4) is 0 Å². The lowest BCUT2D eigenvalue weighted by Crippen LogP contribution is -2.28. The van der Waals surface area contributed by atoms with E-state index in [-0.39, 0.29) is 81.1 Å². The van der Waals surface area contributed by atoms with Gasteiger partial charge in [-0.05, 0) is 36.4 Å². The number of fused-ring (bicyclic) bond motifs is 2. The van der Waals surface area contributed by atoms with Gasteiger partial charge in [0.1, 0.15) is 23.0 Å². The summed E-state index contributed by atoms with van der Waals surface area (Å²) < 4.78 is 0. The Morgan fingerprint density at radius 1 is 0.548 bits per heavy atom. The Morgan fingerprint density at radius 3 is 1.36 bits per heavy atom. The van der Waals surface area contributed by atoms with Crippen LogP contribution in [0.1, 0.15) is 31.8 Å². The fourth-order valence-electron chi connectivity index (χ4n) is 4.51. The average molecular weight is 569 g/mol. The average Bonchev–Trinajstić information content (AvgIpc) is 2.97. The van der Waals surface area contributed by atoms with E-state index in [0.717, 1.165) is 0 Å². The molecular formula is C30H24N4O8. The Kier molecular flexibility index (Phi) is 7.35. The molecular weight excluding hydrogens is 544 g/mol. The molecule has 12 nitrogen and oxygen atoms in total. The molecule has 0 heterocycles. The Hall–Kier alpha value is -6.04. The van der Waals surface area contributed by atoms with Crippen molar-refractivity contribution in [3.8, 4) is 23.0 Å². The first-order valence-electron chi connectivity index (χ1n) is 12.6. The summed E-state index contributed by atoms with van der Waals surface area (Å²) in [4.78, 5) is 52.3. The zero-order valence-electron chi connectivity index (χ0n) is 21.8. The predicted octanol–water partition coefficient (Wildman–Crippen LogP) is 3.39. The van der Waals surface area contributed by atoms with Gasteiger partial charge in [0.15, 0.2) is 11.6 Å². The topological polar surface area (TPSA) is 197 Å². The fourth-order valence-corrected chi connectivity index (χ4v) is 4.51. The first kappa shape index (κ1) is 27.5. The second kappa shape index (κ2) is 11.2. The number of benzene rings is 4. The quantitative estimate of drug-likeness (QED) is 0.101. The molecule has 0 bridgehead atoms. The summed E-state index contributed by atoms with van der Waals surface area (Å²) >= 11 is 0. The lowest BCUT2D eigenvalue weighted by atomic mass is 9.82. The largest absolute Gasteiger partial charge is 0.508 e. The maximum Gasteiger partial charge on any atom is 0.243 e. The fraction of sp³-hybridized carbons (Fsp3) is 0.0667. The molecule has 5 rings (SSSR count). The monoisotopic (exact) mass is 568 g/mol. The van der Waals surface area contributed by atoms with Crippen molar-refractivity contribution in [1.82, 2.24) is 0 Å². The van der Waals surface area contributed by atoms with Crippen molar-refractivity contribution in [3.05, 3.63) is 95.1 Å². The molecule has 0 saturated carbocycles. The number of hydrogen-bond acceptors (Lipinski definition) is 10. The van der Waals surface area contributed by atoms with E-state index in [0.29, 0.717) is 0 Å². The predicted molar refractivity (Wildman–Crippen MR) is 154 cm³/mol. The number of nitrogens with one attached hydrogen (secondary N) is 4. The highest BCUT2D eigenvalue weighted by Crippen LogP contribution is 2.37. The molecule has 0 spiro atoms. The van der Waals surface area contributed by atoms with Crippen molar-refractivity contribution in [2.45, 2.75) is 0 Å². The van der Waals surface area contributed by atoms with Crippen molar-refractivity contribution in [2.24, 2.45) is 0 Å². The summed E-state index contributed by atoms with van der Waals surface area (Å²) in [5.74, 6) is -2.98. The molecule has 0 radical (unpaired) electrons. The highest BCUT2D eigenvalue weighted by atomic mass is 16.3. The summed E-state index contributed by atoms with van der Waals surface area (Å²) in [6, 6.07) is 16.6. The summed E-state index contributed by atoms with van der Waals surface area (Å²) in [5, 5.41) is 49.7. The molecule has 12 heteroatoms. The minimum Gasteiger partial charge on any atom is -0.508 e. The van der Waals surface area contributed by atoms with Crippen molar-refractivity contribution in [3.63, 3.8) is 0 Å². The number of anilines is 4. The third kappa shape index (κ3) is 5.49. The molecule has 4 aromatic rings. The molecule has 0 unspecified atom stereocenters. The van der Waals surface area contributed by atoms with Gasteiger partial charge in [-0.2, -0.15) is 0 Å². The van der Waals surface area contributed by atoms with Crippen LogP contribution in [0, 0.1) is 0 Å². The Bertz CT molecular complexity index is 1640. The lowest BCUT2D eigenvalue weighted by Gasteiger charge is -2.24. The van der Waals surface area contributed by atoms with Crippen molar-refractivity contribution < 1.29 is 39.6 Å². The van der Waals surface area contributed by atoms with Crippen LogP contribution in [0.5, 0.6) is 23.0 Å². The number of phenolic OH excluding ortho intramolecular Hbond substituents is 4. The number of aromatic hydroxyl groups is 4. The summed E-state index contributed by atoms with van der Waals surface area (Å²) in [6.07, 6.45) is 0. The number of hydrogen-bond donors (Lipinski definition) is 8. The van der Waals surface area contributed by atoms with Crippen LogP contribution in [0.4, 0.5) is 22.7 Å². The molecule has 0 aliphatic heterocycles. The van der Waals surface area contributed by atoms with Gasteiger partial charge in [-0.15, -0.1) is 0 Å². The van der Waals surface area contributed by atoms with Gasteiger partial charge in [-0.1, -0.05) is 24.3 Å². The van der Waals surface area contributed by atoms with Gasteiger partial charge in [0, 0.05) is 34.6 Å². The normalized spacial score (nSPS) is 11.7. The van der Waals surface area contributed by atoms with Crippen LogP contribution in [0.15, 0.2) is 72.8 Å². The summed E-state index contributed by atoms with van der Waals surface area (Å²) in [5.41, 5.74) is 0.718. The standard InChI is InChI=1S/C30H24N4O8/c35-15-5-9-23(37)21(11-15)33-25(39)13-31-19-7-8-20(32-14-26(40)34-22-12-16(36)6-10-24(22)38)28-27(19)29(41)17-3-1-2-4-18(17)30(28)42/h1-12,31-32,35-38H,13-14H2,(H,33,39)(H,34,40). The molecule has 0 atom stereocenters. The van der Waals surface area contributed by atoms with Gasteiger partial charge in [0.05, 0.1) is 35.6 Å². The number of carbonyl (C=O) groups is 4. The summed E-state index contributed by atoms with van der Waals surface area (Å²) in [7, 11) is 0. The zero-order valence-corrected chi connectivity index (χ0v) is 21.8. The van der Waals surface area contributed by atoms with Gasteiger partial charge in [-0.25, -0.2) is 0 Å². The second-order valence-corrected chi connectivity index (χ2v) is 9.32. The highest BCUT2D eigenvalue weighted by molar-refractivity contribution is 6.32. The lowest BCUT2D eigenvalue weighted by molar-refractivity contribution is -0.115. The van der Waals surface area contributed by atoms with E-state index in [9.17, 15) is 39.6 Å². The van der Waals surface area contributed by atoms with E-state index >= 15 is 0 Å². The van der Waals surface area contributed by atoms with E-state index in [1.165, 1.54) is 60.7 Å². The van der Waals surface area contributed by atoms with Crippen LogP contribution >= 0.6 is 0 Å². The number of ketones is 2. The number of phenols is 4. The third-order valence-electron chi connectivity index (χ3n) is 6.46. The Labute approximate surface area is 238 Å². The van der Waals surface area contributed by atoms with Crippen LogP contribution in [-0.4, -0.2) is 56.9 Å². The number of amides is 2. The molecule has 1 aliphatic rings. The van der Waals surface area contributed by atoms with E-state index in [4.69, 9.17) is 0 Å². The maximum absolute atomic E-state index is 13.6. The third-order valence-corrected chi connectivity index (χ3v) is 6.46. The summed E-state index contributed by atoms with van der Waals surface area (Å²) in [6.45, 7) is -0.708. The van der Waals surface area contributed by atoms with Crippen molar-refractivity contribution in [2.75, 3.05) is 34.4 Å². The van der Waals surface area contributed by atoms with Gasteiger partial charge in [0.2, 0.25) is 11.8 Å². The zero-order chi connectivity index (χ0) is 30.0. The van der Waals surface area contributed by atoms with E-state index in [1.807, 2.05) is 0 Å². The smallest absolute Gasteiger partial charge is 0.243 e. The minimum absolute atomic E-state index is 0.00253. The van der Waals surface area contributed by atoms with Crippen molar-refractivity contribution in [1.29, 1.82) is 0 Å².